The number of carbonyl (C=O) groups is 2. The van der Waals surface area contributed by atoms with Crippen molar-refractivity contribution in [2.75, 3.05) is 30.8 Å². The molecule has 0 radical (unpaired) electrons. The van der Waals surface area contributed by atoms with E-state index in [1.807, 2.05) is 40.0 Å². The number of anilines is 2. The molecule has 2 amide bonds. The number of hydrogen-bond donors (Lipinski definition) is 2. The first-order valence-corrected chi connectivity index (χ1v) is 11.5. The maximum atomic E-state index is 12.7. The Morgan fingerprint density at radius 3 is 2.67 bits per heavy atom. The van der Waals surface area contributed by atoms with E-state index in [1.165, 1.54) is 11.3 Å². The van der Waals surface area contributed by atoms with E-state index in [0.29, 0.717) is 25.3 Å². The zero-order valence-electron chi connectivity index (χ0n) is 19.9. The molecule has 33 heavy (non-hydrogen) atoms. The van der Waals surface area contributed by atoms with Crippen LogP contribution in [0.3, 0.4) is 0 Å². The van der Waals surface area contributed by atoms with Crippen LogP contribution < -0.4 is 16.4 Å². The Kier molecular flexibility index (Phi) is 5.99. The highest BCUT2D eigenvalue weighted by atomic mass is 16.6. The van der Waals surface area contributed by atoms with Gasteiger partial charge in [0.1, 0.15) is 17.0 Å². The van der Waals surface area contributed by atoms with Crippen LogP contribution in [0.15, 0.2) is 24.3 Å². The molecule has 1 fully saturated rings. The molecule has 2 aliphatic rings. The summed E-state index contributed by atoms with van der Waals surface area (Å²) in [5.41, 5.74) is 14.9. The van der Waals surface area contributed by atoms with E-state index < -0.39 is 11.5 Å². The highest BCUT2D eigenvalue weighted by Crippen LogP contribution is 2.36. The summed E-state index contributed by atoms with van der Waals surface area (Å²) < 4.78 is 7.22. The molecule has 1 unspecified atom stereocenters. The van der Waals surface area contributed by atoms with Crippen LogP contribution in [0.25, 0.3) is 0 Å². The highest BCUT2D eigenvalue weighted by Gasteiger charge is 2.35. The average Bonchev–Trinajstić information content (AvgIpc) is 3.32. The lowest BCUT2D eigenvalue weighted by atomic mass is 9.88. The maximum absolute atomic E-state index is 12.7. The fourth-order valence-electron chi connectivity index (χ4n) is 4.96. The number of primary amides is 1. The number of nitrogen functional groups attached to an aromatic ring is 1. The molecule has 0 saturated carbocycles. The van der Waals surface area contributed by atoms with Gasteiger partial charge in [-0.05, 0) is 51.7 Å². The number of likely N-dealkylation sites (N-methyl/N-ethyl adjacent to an activating group) is 1. The van der Waals surface area contributed by atoms with Gasteiger partial charge in [-0.1, -0.05) is 18.2 Å². The topological polar surface area (TPSA) is 120 Å². The maximum Gasteiger partial charge on any atom is 0.410 e. The lowest BCUT2D eigenvalue weighted by Crippen LogP contribution is -2.41. The Hall–Kier alpha value is -3.23. The van der Waals surface area contributed by atoms with E-state index in [9.17, 15) is 9.59 Å². The van der Waals surface area contributed by atoms with E-state index in [-0.39, 0.29) is 29.4 Å². The molecule has 1 aromatic heterocycles. The molecule has 0 aliphatic carbocycles. The monoisotopic (exact) mass is 454 g/mol. The number of rotatable bonds is 4. The molecule has 0 spiro atoms. The SMILES string of the molecule is CN1CC(c2nn(C[C@@H]3CCCN3C(=O)OC(C)(C)C)c(N)c2C(N)=O)Cc2ccccc21. The van der Waals surface area contributed by atoms with Gasteiger partial charge in [0.2, 0.25) is 0 Å². The number of ether oxygens (including phenoxy) is 1. The third-order valence-electron chi connectivity index (χ3n) is 6.40. The molecule has 178 valence electrons. The zero-order valence-corrected chi connectivity index (χ0v) is 19.9. The number of amides is 2. The molecule has 3 heterocycles. The van der Waals surface area contributed by atoms with Gasteiger partial charge in [-0.2, -0.15) is 5.10 Å². The van der Waals surface area contributed by atoms with E-state index >= 15 is 0 Å². The Bertz CT molecular complexity index is 1060. The second kappa shape index (κ2) is 8.61. The van der Waals surface area contributed by atoms with Gasteiger partial charge in [0.25, 0.3) is 5.91 Å². The number of aromatic nitrogens is 2. The molecular formula is C24H34N6O3. The summed E-state index contributed by atoms with van der Waals surface area (Å²) in [6.07, 6.45) is 2.12. The van der Waals surface area contributed by atoms with Crippen LogP contribution >= 0.6 is 0 Å². The van der Waals surface area contributed by atoms with Crippen molar-refractivity contribution in [2.24, 2.45) is 5.73 Å². The smallest absolute Gasteiger partial charge is 0.410 e. The van der Waals surface area contributed by atoms with Gasteiger partial charge >= 0.3 is 6.09 Å². The van der Waals surface area contributed by atoms with Crippen molar-refractivity contribution in [3.63, 3.8) is 0 Å². The fourth-order valence-corrected chi connectivity index (χ4v) is 4.96. The number of para-hydroxylation sites is 1. The summed E-state index contributed by atoms with van der Waals surface area (Å²) in [5.74, 6) is -0.331. The first-order chi connectivity index (χ1) is 15.5. The first kappa shape index (κ1) is 22.9. The Morgan fingerprint density at radius 1 is 1.24 bits per heavy atom. The van der Waals surface area contributed by atoms with Crippen molar-refractivity contribution in [2.45, 2.75) is 64.1 Å². The molecule has 4 N–H and O–H groups in total. The van der Waals surface area contributed by atoms with Crippen LogP contribution in [-0.2, 0) is 17.7 Å². The molecule has 0 bridgehead atoms. The molecule has 2 atom stereocenters. The minimum atomic E-state index is -0.578. The van der Waals surface area contributed by atoms with E-state index in [0.717, 1.165) is 19.3 Å². The molecule has 1 aromatic carbocycles. The standard InChI is InChI=1S/C24H34N6O3/c1-24(2,3)33-23(32)29-11-7-9-17(29)14-30-21(25)19(22(26)31)20(27-30)16-12-15-8-5-6-10-18(15)28(4)13-16/h5-6,8,10,16-17H,7,9,11-14,25H2,1-4H3,(H2,26,31)/t16?,17-/m0/s1. The van der Waals surface area contributed by atoms with E-state index in [2.05, 4.69) is 17.0 Å². The number of nitrogens with two attached hydrogens (primary N) is 2. The number of likely N-dealkylation sites (tertiary alicyclic amines) is 1. The minimum Gasteiger partial charge on any atom is -0.444 e. The summed E-state index contributed by atoms with van der Waals surface area (Å²) in [7, 11) is 2.03. The number of hydrogen-bond acceptors (Lipinski definition) is 6. The Labute approximate surface area is 194 Å². The van der Waals surface area contributed by atoms with Gasteiger partial charge in [-0.25, -0.2) is 9.48 Å². The molecule has 9 nitrogen and oxygen atoms in total. The van der Waals surface area contributed by atoms with Crippen molar-refractivity contribution in [1.82, 2.24) is 14.7 Å². The van der Waals surface area contributed by atoms with Gasteiger partial charge < -0.3 is 26.0 Å². The van der Waals surface area contributed by atoms with Crippen LogP contribution in [0.2, 0.25) is 0 Å². The van der Waals surface area contributed by atoms with Crippen LogP contribution in [0.4, 0.5) is 16.3 Å². The molecule has 1 saturated heterocycles. The van der Waals surface area contributed by atoms with Gasteiger partial charge in [0, 0.05) is 31.7 Å². The van der Waals surface area contributed by atoms with Crippen molar-refractivity contribution in [3.05, 3.63) is 41.1 Å². The molecule has 4 rings (SSSR count). The third-order valence-corrected chi connectivity index (χ3v) is 6.40. The molecule has 2 aliphatic heterocycles. The minimum absolute atomic E-state index is 0.0125. The molecule has 9 heteroatoms. The van der Waals surface area contributed by atoms with Gasteiger partial charge in [0.15, 0.2) is 0 Å². The summed E-state index contributed by atoms with van der Waals surface area (Å²) in [6.45, 7) is 7.29. The fraction of sp³-hybridized carbons (Fsp3) is 0.542. The molecular weight excluding hydrogens is 420 g/mol. The average molecular weight is 455 g/mol. The number of fused-ring (bicyclic) bond motifs is 1. The lowest BCUT2D eigenvalue weighted by molar-refractivity contribution is 0.0212. The summed E-state index contributed by atoms with van der Waals surface area (Å²) in [4.78, 5) is 29.0. The van der Waals surface area contributed by atoms with Crippen molar-refractivity contribution in [3.8, 4) is 0 Å². The van der Waals surface area contributed by atoms with Crippen LogP contribution in [0.1, 0.15) is 61.1 Å². The highest BCUT2D eigenvalue weighted by molar-refractivity contribution is 5.98. The number of carbonyl (C=O) groups excluding carboxylic acids is 2. The summed E-state index contributed by atoms with van der Waals surface area (Å²) in [6, 6.07) is 8.13. The van der Waals surface area contributed by atoms with Crippen LogP contribution in [0, 0.1) is 0 Å². The summed E-state index contributed by atoms with van der Waals surface area (Å²) >= 11 is 0. The largest absolute Gasteiger partial charge is 0.444 e. The van der Waals surface area contributed by atoms with Gasteiger partial charge in [-0.15, -0.1) is 0 Å². The number of nitrogens with zero attached hydrogens (tertiary/aromatic N) is 4. The van der Waals surface area contributed by atoms with E-state index in [1.54, 1.807) is 9.58 Å². The van der Waals surface area contributed by atoms with Crippen LogP contribution in [0.5, 0.6) is 0 Å². The van der Waals surface area contributed by atoms with Gasteiger partial charge in [-0.3, -0.25) is 4.79 Å². The zero-order chi connectivity index (χ0) is 23.9. The second-order valence-corrected chi connectivity index (χ2v) is 10.1. The quantitative estimate of drug-likeness (QED) is 0.733. The van der Waals surface area contributed by atoms with Crippen molar-refractivity contribution in [1.29, 1.82) is 0 Å². The van der Waals surface area contributed by atoms with Crippen LogP contribution in [-0.4, -0.2) is 58.5 Å². The van der Waals surface area contributed by atoms with Gasteiger partial charge in [0.05, 0.1) is 18.3 Å². The first-order valence-electron chi connectivity index (χ1n) is 11.5. The number of benzene rings is 1. The Balaban J connectivity index is 1.60. The van der Waals surface area contributed by atoms with Crippen molar-refractivity contribution < 1.29 is 14.3 Å². The summed E-state index contributed by atoms with van der Waals surface area (Å²) in [5, 5.41) is 4.78. The second-order valence-electron chi connectivity index (χ2n) is 10.1. The van der Waals surface area contributed by atoms with Crippen molar-refractivity contribution >= 4 is 23.5 Å². The Morgan fingerprint density at radius 2 is 1.97 bits per heavy atom. The predicted molar refractivity (Wildman–Crippen MR) is 127 cm³/mol. The third kappa shape index (κ3) is 4.62. The predicted octanol–water partition coefficient (Wildman–Crippen LogP) is 2.74. The normalized spacial score (nSPS) is 20.6. The lowest BCUT2D eigenvalue weighted by Gasteiger charge is -2.33. The molecule has 2 aromatic rings. The van der Waals surface area contributed by atoms with E-state index in [4.69, 9.17) is 21.3 Å².